The molecule has 3 nitrogen and oxygen atoms in total. The zero-order valence-electron chi connectivity index (χ0n) is 8.75. The monoisotopic (exact) mass is 214 g/mol. The average molecular weight is 215 g/mol. The van der Waals surface area contributed by atoms with Gasteiger partial charge in [0.05, 0.1) is 36.2 Å². The highest BCUT2D eigenvalue weighted by atomic mass is 35.5. The molecule has 0 atom stereocenters. The predicted molar refractivity (Wildman–Crippen MR) is 55.8 cm³/mol. The standard InChI is InChI=1S/C10H15ClN2O/c1-10(2,3)9-8(11)4-12-13(9)7-5-14-6-7/h4,7H,5-6H2,1-3H3. The minimum absolute atomic E-state index is 0.0309. The first-order valence-electron chi connectivity index (χ1n) is 4.81. The Morgan fingerprint density at radius 1 is 1.50 bits per heavy atom. The topological polar surface area (TPSA) is 27.1 Å². The van der Waals surface area contributed by atoms with Gasteiger partial charge in [-0.05, 0) is 0 Å². The fourth-order valence-electron chi connectivity index (χ4n) is 1.68. The molecule has 0 saturated carbocycles. The van der Waals surface area contributed by atoms with Crippen LogP contribution in [-0.2, 0) is 10.2 Å². The molecular weight excluding hydrogens is 200 g/mol. The molecule has 1 saturated heterocycles. The van der Waals surface area contributed by atoms with Crippen LogP contribution in [0.5, 0.6) is 0 Å². The number of rotatable bonds is 1. The molecule has 0 bridgehead atoms. The molecule has 78 valence electrons. The Morgan fingerprint density at radius 2 is 2.14 bits per heavy atom. The first kappa shape index (κ1) is 9.99. The van der Waals surface area contributed by atoms with Crippen molar-refractivity contribution in [2.24, 2.45) is 0 Å². The maximum absolute atomic E-state index is 6.13. The molecule has 4 heteroatoms. The van der Waals surface area contributed by atoms with Gasteiger partial charge in [0.15, 0.2) is 0 Å². The second-order valence-electron chi connectivity index (χ2n) is 4.73. The van der Waals surface area contributed by atoms with E-state index in [1.807, 2.05) is 4.68 Å². The summed E-state index contributed by atoms with van der Waals surface area (Å²) in [6.07, 6.45) is 1.72. The van der Waals surface area contributed by atoms with Gasteiger partial charge in [-0.25, -0.2) is 0 Å². The Morgan fingerprint density at radius 3 is 2.57 bits per heavy atom. The van der Waals surface area contributed by atoms with Gasteiger partial charge < -0.3 is 4.74 Å². The summed E-state index contributed by atoms with van der Waals surface area (Å²) < 4.78 is 7.17. The van der Waals surface area contributed by atoms with Crippen LogP contribution in [0.3, 0.4) is 0 Å². The summed E-state index contributed by atoms with van der Waals surface area (Å²) in [5, 5.41) is 5.06. The van der Waals surface area contributed by atoms with E-state index in [2.05, 4.69) is 25.9 Å². The number of aromatic nitrogens is 2. The van der Waals surface area contributed by atoms with E-state index in [4.69, 9.17) is 16.3 Å². The van der Waals surface area contributed by atoms with Crippen molar-refractivity contribution < 1.29 is 4.74 Å². The van der Waals surface area contributed by atoms with Crippen LogP contribution in [0.25, 0.3) is 0 Å². The van der Waals surface area contributed by atoms with Crippen molar-refractivity contribution in [1.29, 1.82) is 0 Å². The van der Waals surface area contributed by atoms with E-state index in [9.17, 15) is 0 Å². The van der Waals surface area contributed by atoms with Crippen LogP contribution in [0.1, 0.15) is 32.5 Å². The highest BCUT2D eigenvalue weighted by molar-refractivity contribution is 6.31. The van der Waals surface area contributed by atoms with Crippen molar-refractivity contribution in [1.82, 2.24) is 9.78 Å². The summed E-state index contributed by atoms with van der Waals surface area (Å²) in [6.45, 7) is 7.94. The Hall–Kier alpha value is -0.540. The summed E-state index contributed by atoms with van der Waals surface area (Å²) in [5.41, 5.74) is 1.14. The summed E-state index contributed by atoms with van der Waals surface area (Å²) >= 11 is 6.13. The Labute approximate surface area is 89.0 Å². The van der Waals surface area contributed by atoms with Crippen LogP contribution in [0.2, 0.25) is 5.02 Å². The lowest BCUT2D eigenvalue weighted by Crippen LogP contribution is -2.34. The molecule has 0 N–H and O–H groups in total. The van der Waals surface area contributed by atoms with Crippen LogP contribution < -0.4 is 0 Å². The Bertz CT molecular complexity index is 336. The first-order valence-corrected chi connectivity index (χ1v) is 5.19. The van der Waals surface area contributed by atoms with Gasteiger partial charge in [0.1, 0.15) is 0 Å². The largest absolute Gasteiger partial charge is 0.377 e. The molecule has 1 aliphatic rings. The molecule has 14 heavy (non-hydrogen) atoms. The van der Waals surface area contributed by atoms with Crippen LogP contribution >= 0.6 is 11.6 Å². The van der Waals surface area contributed by atoms with Crippen molar-refractivity contribution in [3.05, 3.63) is 16.9 Å². The van der Waals surface area contributed by atoms with Crippen LogP contribution in [0.15, 0.2) is 6.20 Å². The first-order chi connectivity index (χ1) is 6.50. The molecule has 0 aromatic carbocycles. The molecule has 0 spiro atoms. The van der Waals surface area contributed by atoms with Gasteiger partial charge >= 0.3 is 0 Å². The van der Waals surface area contributed by atoms with Gasteiger partial charge in [0.2, 0.25) is 0 Å². The van der Waals surface area contributed by atoms with E-state index in [0.29, 0.717) is 6.04 Å². The summed E-state index contributed by atoms with van der Waals surface area (Å²) in [6, 6.07) is 0.372. The van der Waals surface area contributed by atoms with Gasteiger partial charge in [-0.1, -0.05) is 32.4 Å². The van der Waals surface area contributed by atoms with E-state index in [1.165, 1.54) is 0 Å². The fraction of sp³-hybridized carbons (Fsp3) is 0.700. The van der Waals surface area contributed by atoms with Crippen LogP contribution in [0, 0.1) is 0 Å². The molecule has 0 aliphatic carbocycles. The predicted octanol–water partition coefficient (Wildman–Crippen LogP) is 2.41. The van der Waals surface area contributed by atoms with E-state index in [0.717, 1.165) is 23.9 Å². The quantitative estimate of drug-likeness (QED) is 0.718. The highest BCUT2D eigenvalue weighted by Crippen LogP contribution is 2.32. The smallest absolute Gasteiger partial charge is 0.0989 e. The van der Waals surface area contributed by atoms with E-state index in [1.54, 1.807) is 6.20 Å². The lowest BCUT2D eigenvalue weighted by atomic mass is 9.91. The lowest BCUT2D eigenvalue weighted by Gasteiger charge is -2.31. The number of ether oxygens (including phenoxy) is 1. The van der Waals surface area contributed by atoms with E-state index < -0.39 is 0 Å². The molecule has 2 heterocycles. The maximum atomic E-state index is 6.13. The van der Waals surface area contributed by atoms with Crippen LogP contribution in [-0.4, -0.2) is 23.0 Å². The summed E-state index contributed by atoms with van der Waals surface area (Å²) in [7, 11) is 0. The minimum Gasteiger partial charge on any atom is -0.377 e. The summed E-state index contributed by atoms with van der Waals surface area (Å²) in [4.78, 5) is 0. The van der Waals surface area contributed by atoms with Crippen molar-refractivity contribution >= 4 is 11.6 Å². The lowest BCUT2D eigenvalue weighted by molar-refractivity contribution is -0.0307. The number of hydrogen-bond acceptors (Lipinski definition) is 2. The third kappa shape index (κ3) is 1.55. The normalized spacial score (nSPS) is 18.3. The molecule has 1 aliphatic heterocycles. The third-order valence-corrected chi connectivity index (χ3v) is 2.70. The second-order valence-corrected chi connectivity index (χ2v) is 5.13. The summed E-state index contributed by atoms with van der Waals surface area (Å²) in [5.74, 6) is 0. The Balaban J connectivity index is 2.40. The fourth-order valence-corrected chi connectivity index (χ4v) is 2.10. The zero-order valence-corrected chi connectivity index (χ0v) is 9.51. The van der Waals surface area contributed by atoms with Crippen molar-refractivity contribution in [2.75, 3.05) is 13.2 Å². The van der Waals surface area contributed by atoms with E-state index >= 15 is 0 Å². The van der Waals surface area contributed by atoms with Crippen LogP contribution in [0.4, 0.5) is 0 Å². The van der Waals surface area contributed by atoms with Gasteiger partial charge in [0.25, 0.3) is 0 Å². The van der Waals surface area contributed by atoms with Gasteiger partial charge in [-0.3, -0.25) is 4.68 Å². The minimum atomic E-state index is 0.0309. The molecule has 0 radical (unpaired) electrons. The molecule has 1 aromatic rings. The van der Waals surface area contributed by atoms with Crippen molar-refractivity contribution in [3.8, 4) is 0 Å². The molecule has 0 unspecified atom stereocenters. The third-order valence-electron chi connectivity index (χ3n) is 2.43. The number of hydrogen-bond donors (Lipinski definition) is 0. The second kappa shape index (κ2) is 3.24. The average Bonchev–Trinajstić information content (AvgIpc) is 2.26. The molecule has 1 fully saturated rings. The van der Waals surface area contributed by atoms with Crippen molar-refractivity contribution in [2.45, 2.75) is 32.2 Å². The number of nitrogens with zero attached hydrogens (tertiary/aromatic N) is 2. The highest BCUT2D eigenvalue weighted by Gasteiger charge is 2.30. The van der Waals surface area contributed by atoms with Gasteiger partial charge in [0, 0.05) is 5.41 Å². The van der Waals surface area contributed by atoms with Crippen molar-refractivity contribution in [3.63, 3.8) is 0 Å². The maximum Gasteiger partial charge on any atom is 0.0989 e. The molecule has 1 aromatic heterocycles. The Kier molecular flexibility index (Phi) is 2.32. The molecule has 2 rings (SSSR count). The van der Waals surface area contributed by atoms with E-state index in [-0.39, 0.29) is 5.41 Å². The molecular formula is C10H15ClN2O. The molecule has 0 amide bonds. The van der Waals surface area contributed by atoms with Gasteiger partial charge in [-0.15, -0.1) is 0 Å². The van der Waals surface area contributed by atoms with Gasteiger partial charge in [-0.2, -0.15) is 5.10 Å². The SMILES string of the molecule is CC(C)(C)c1c(Cl)cnn1C1COC1. The number of halogens is 1. The zero-order chi connectivity index (χ0) is 10.3.